The number of aryl methyl sites for hydroxylation is 1. The second-order valence-electron chi connectivity index (χ2n) is 8.62. The standard InChI is InChI=1S/C32H23ClF2O/c1-20-8-10-22(11-9-20)26-19-27(21-6-4-3-5-7-21)32(36-2)31(23-12-15-25(33)16-13-23)30(26)24-14-17-28(34)29(35)18-24/h3-19H,1-2H3. The van der Waals surface area contributed by atoms with Gasteiger partial charge in [-0.25, -0.2) is 8.78 Å². The topological polar surface area (TPSA) is 9.23 Å². The van der Waals surface area contributed by atoms with Crippen molar-refractivity contribution in [3.63, 3.8) is 0 Å². The minimum absolute atomic E-state index is 0.548. The third-order valence-electron chi connectivity index (χ3n) is 6.27. The molecule has 0 bridgehead atoms. The molecule has 0 fully saturated rings. The Balaban J connectivity index is 1.96. The lowest BCUT2D eigenvalue weighted by Gasteiger charge is -2.23. The lowest BCUT2D eigenvalue weighted by Crippen LogP contribution is -1.99. The molecule has 0 spiro atoms. The van der Waals surface area contributed by atoms with Crippen molar-refractivity contribution >= 4 is 11.6 Å². The minimum atomic E-state index is -0.907. The molecule has 178 valence electrons. The third-order valence-corrected chi connectivity index (χ3v) is 6.52. The van der Waals surface area contributed by atoms with Gasteiger partial charge in [0.05, 0.1) is 7.11 Å². The van der Waals surface area contributed by atoms with Crippen LogP contribution in [0.25, 0.3) is 44.5 Å². The molecule has 5 aromatic rings. The number of halogens is 3. The fraction of sp³-hybridized carbons (Fsp3) is 0.0625. The number of ether oxygens (including phenoxy) is 1. The summed E-state index contributed by atoms with van der Waals surface area (Å²) in [6.07, 6.45) is 0. The summed E-state index contributed by atoms with van der Waals surface area (Å²) in [6, 6.07) is 31.7. The summed E-state index contributed by atoms with van der Waals surface area (Å²) >= 11 is 6.21. The summed E-state index contributed by atoms with van der Waals surface area (Å²) in [4.78, 5) is 0. The second-order valence-corrected chi connectivity index (χ2v) is 9.06. The average Bonchev–Trinajstić information content (AvgIpc) is 2.90. The monoisotopic (exact) mass is 496 g/mol. The van der Waals surface area contributed by atoms with Crippen LogP contribution in [-0.4, -0.2) is 7.11 Å². The summed E-state index contributed by atoms with van der Waals surface area (Å²) in [7, 11) is 1.63. The lowest BCUT2D eigenvalue weighted by atomic mass is 9.83. The van der Waals surface area contributed by atoms with E-state index in [1.54, 1.807) is 13.2 Å². The summed E-state index contributed by atoms with van der Waals surface area (Å²) in [5, 5.41) is 0.602. The van der Waals surface area contributed by atoms with E-state index in [2.05, 4.69) is 6.07 Å². The maximum absolute atomic E-state index is 14.5. The van der Waals surface area contributed by atoms with Gasteiger partial charge in [0.2, 0.25) is 0 Å². The number of rotatable bonds is 5. The Kier molecular flexibility index (Phi) is 6.58. The van der Waals surface area contributed by atoms with E-state index >= 15 is 0 Å². The van der Waals surface area contributed by atoms with Gasteiger partial charge in [-0.3, -0.25) is 0 Å². The van der Waals surface area contributed by atoms with Gasteiger partial charge in [-0.05, 0) is 65.1 Å². The molecule has 0 atom stereocenters. The van der Waals surface area contributed by atoms with E-state index in [-0.39, 0.29) is 0 Å². The molecule has 5 aromatic carbocycles. The van der Waals surface area contributed by atoms with E-state index in [1.165, 1.54) is 6.07 Å². The molecule has 0 radical (unpaired) electrons. The summed E-state index contributed by atoms with van der Waals surface area (Å²) in [6.45, 7) is 2.03. The van der Waals surface area contributed by atoms with Gasteiger partial charge >= 0.3 is 0 Å². The van der Waals surface area contributed by atoms with Gasteiger partial charge in [-0.1, -0.05) is 90.0 Å². The van der Waals surface area contributed by atoms with Crippen molar-refractivity contribution in [2.75, 3.05) is 7.11 Å². The zero-order valence-electron chi connectivity index (χ0n) is 19.9. The first-order chi connectivity index (χ1) is 17.5. The molecule has 0 aliphatic carbocycles. The Morgan fingerprint density at radius 3 is 1.83 bits per heavy atom. The van der Waals surface area contributed by atoms with Crippen LogP contribution in [0.2, 0.25) is 5.02 Å². The molecule has 5 rings (SSSR count). The number of hydrogen-bond donors (Lipinski definition) is 0. The van der Waals surface area contributed by atoms with Crippen molar-refractivity contribution in [2.24, 2.45) is 0 Å². The first kappa shape index (κ1) is 23.8. The van der Waals surface area contributed by atoms with Gasteiger partial charge in [0.25, 0.3) is 0 Å². The number of hydrogen-bond acceptors (Lipinski definition) is 1. The van der Waals surface area contributed by atoms with Gasteiger partial charge in [0, 0.05) is 21.7 Å². The zero-order chi connectivity index (χ0) is 25.2. The van der Waals surface area contributed by atoms with Gasteiger partial charge in [0.15, 0.2) is 11.6 Å². The highest BCUT2D eigenvalue weighted by atomic mass is 35.5. The molecule has 0 amide bonds. The summed E-state index contributed by atoms with van der Waals surface area (Å²) < 4.78 is 34.5. The van der Waals surface area contributed by atoms with E-state index in [4.69, 9.17) is 16.3 Å². The molecule has 36 heavy (non-hydrogen) atoms. The highest BCUT2D eigenvalue weighted by Crippen LogP contribution is 2.50. The molecule has 0 aromatic heterocycles. The van der Waals surface area contributed by atoms with E-state index in [0.717, 1.165) is 50.6 Å². The molecule has 0 unspecified atom stereocenters. The number of methoxy groups -OCH3 is 1. The Morgan fingerprint density at radius 1 is 0.583 bits per heavy atom. The van der Waals surface area contributed by atoms with Crippen LogP contribution in [0, 0.1) is 18.6 Å². The van der Waals surface area contributed by atoms with Crippen LogP contribution >= 0.6 is 11.6 Å². The molecule has 0 aliphatic heterocycles. The molecule has 4 heteroatoms. The molecule has 0 aliphatic rings. The van der Waals surface area contributed by atoms with Crippen LogP contribution in [0.5, 0.6) is 5.75 Å². The van der Waals surface area contributed by atoms with E-state index in [1.807, 2.05) is 85.8 Å². The van der Waals surface area contributed by atoms with Crippen LogP contribution in [0.3, 0.4) is 0 Å². The van der Waals surface area contributed by atoms with Crippen molar-refractivity contribution in [3.05, 3.63) is 125 Å². The van der Waals surface area contributed by atoms with Crippen molar-refractivity contribution in [1.82, 2.24) is 0 Å². The lowest BCUT2D eigenvalue weighted by molar-refractivity contribution is 0.418. The zero-order valence-corrected chi connectivity index (χ0v) is 20.6. The highest BCUT2D eigenvalue weighted by molar-refractivity contribution is 6.30. The fourth-order valence-corrected chi connectivity index (χ4v) is 4.64. The Bertz CT molecular complexity index is 1530. The largest absolute Gasteiger partial charge is 0.495 e. The maximum Gasteiger partial charge on any atom is 0.159 e. The molecule has 1 nitrogen and oxygen atoms in total. The normalized spacial score (nSPS) is 10.9. The van der Waals surface area contributed by atoms with Crippen LogP contribution in [0.1, 0.15) is 5.56 Å². The Hall–Kier alpha value is -3.95. The summed E-state index contributed by atoms with van der Waals surface area (Å²) in [5.74, 6) is -1.16. The third kappa shape index (κ3) is 4.50. The van der Waals surface area contributed by atoms with Crippen LogP contribution in [0.4, 0.5) is 8.78 Å². The fourth-order valence-electron chi connectivity index (χ4n) is 4.51. The van der Waals surface area contributed by atoms with Crippen molar-refractivity contribution in [1.29, 1.82) is 0 Å². The summed E-state index contributed by atoms with van der Waals surface area (Å²) in [5.41, 5.74) is 7.76. The van der Waals surface area contributed by atoms with E-state index in [0.29, 0.717) is 16.3 Å². The molecule has 0 N–H and O–H groups in total. The van der Waals surface area contributed by atoms with Crippen LogP contribution < -0.4 is 4.74 Å². The van der Waals surface area contributed by atoms with Gasteiger partial charge < -0.3 is 4.74 Å². The average molecular weight is 497 g/mol. The van der Waals surface area contributed by atoms with Crippen LogP contribution in [0.15, 0.2) is 103 Å². The molecular weight excluding hydrogens is 474 g/mol. The maximum atomic E-state index is 14.5. The first-order valence-corrected chi connectivity index (χ1v) is 11.9. The second kappa shape index (κ2) is 9.96. The minimum Gasteiger partial charge on any atom is -0.495 e. The SMILES string of the molecule is COc1c(-c2ccccc2)cc(-c2ccc(C)cc2)c(-c2ccc(F)c(F)c2)c1-c1ccc(Cl)cc1. The molecule has 0 saturated heterocycles. The van der Waals surface area contributed by atoms with E-state index < -0.39 is 11.6 Å². The van der Waals surface area contributed by atoms with Gasteiger partial charge in [-0.2, -0.15) is 0 Å². The number of benzene rings is 5. The van der Waals surface area contributed by atoms with E-state index in [9.17, 15) is 8.78 Å². The van der Waals surface area contributed by atoms with Crippen LogP contribution in [-0.2, 0) is 0 Å². The predicted octanol–water partition coefficient (Wildman–Crippen LogP) is 9.60. The first-order valence-electron chi connectivity index (χ1n) is 11.5. The molecular formula is C32H23ClF2O. The molecule has 0 heterocycles. The highest BCUT2D eigenvalue weighted by Gasteiger charge is 2.24. The van der Waals surface area contributed by atoms with Gasteiger partial charge in [0.1, 0.15) is 5.75 Å². The quantitative estimate of drug-likeness (QED) is 0.235. The van der Waals surface area contributed by atoms with Crippen molar-refractivity contribution in [2.45, 2.75) is 6.92 Å². The van der Waals surface area contributed by atoms with Crippen molar-refractivity contribution in [3.8, 4) is 50.3 Å². The Labute approximate surface area is 214 Å². The predicted molar refractivity (Wildman–Crippen MR) is 144 cm³/mol. The van der Waals surface area contributed by atoms with Crippen molar-refractivity contribution < 1.29 is 13.5 Å². The molecule has 0 saturated carbocycles. The smallest absolute Gasteiger partial charge is 0.159 e. The Morgan fingerprint density at radius 2 is 1.19 bits per heavy atom. The van der Waals surface area contributed by atoms with Gasteiger partial charge in [-0.15, -0.1) is 0 Å².